The minimum atomic E-state index is -0.305. The van der Waals surface area contributed by atoms with Crippen molar-refractivity contribution in [2.45, 2.75) is 38.6 Å². The van der Waals surface area contributed by atoms with E-state index < -0.39 is 0 Å². The minimum absolute atomic E-state index is 0.0553. The number of nitrogens with zero attached hydrogens (tertiary/aromatic N) is 2. The zero-order valence-electron chi connectivity index (χ0n) is 16.1. The van der Waals surface area contributed by atoms with Gasteiger partial charge in [0.15, 0.2) is 0 Å². The summed E-state index contributed by atoms with van der Waals surface area (Å²) in [6.45, 7) is 3.52. The number of hydrogen-bond acceptors (Lipinski definition) is 4. The topological polar surface area (TPSA) is 78.7 Å². The highest BCUT2D eigenvalue weighted by atomic mass is 16.2. The van der Waals surface area contributed by atoms with Gasteiger partial charge in [-0.15, -0.1) is 0 Å². The van der Waals surface area contributed by atoms with E-state index >= 15 is 0 Å². The van der Waals surface area contributed by atoms with Gasteiger partial charge >= 0.3 is 0 Å². The summed E-state index contributed by atoms with van der Waals surface area (Å²) in [6, 6.07) is 13.1. The highest BCUT2D eigenvalue weighted by Crippen LogP contribution is 2.32. The number of nitrogens with one attached hydrogen (secondary N) is 1. The summed E-state index contributed by atoms with van der Waals surface area (Å²) in [7, 11) is 0. The number of rotatable bonds is 4. The van der Waals surface area contributed by atoms with Crippen LogP contribution in [-0.2, 0) is 16.0 Å². The summed E-state index contributed by atoms with van der Waals surface area (Å²) in [5, 5.41) is 3.00. The molecule has 1 unspecified atom stereocenters. The summed E-state index contributed by atoms with van der Waals surface area (Å²) in [6.07, 6.45) is 3.44. The van der Waals surface area contributed by atoms with Crippen LogP contribution in [0.3, 0.4) is 0 Å². The average Bonchev–Trinajstić information content (AvgIpc) is 3.14. The van der Waals surface area contributed by atoms with E-state index in [1.54, 1.807) is 4.90 Å². The highest BCUT2D eigenvalue weighted by molar-refractivity contribution is 5.98. The van der Waals surface area contributed by atoms with Crippen molar-refractivity contribution in [3.05, 3.63) is 48.0 Å². The largest absolute Gasteiger partial charge is 0.398 e. The molecule has 6 nitrogen and oxygen atoms in total. The maximum atomic E-state index is 12.9. The molecule has 28 heavy (non-hydrogen) atoms. The van der Waals surface area contributed by atoms with Crippen molar-refractivity contribution in [2.24, 2.45) is 0 Å². The van der Waals surface area contributed by atoms with Crippen molar-refractivity contribution >= 4 is 34.6 Å². The Morgan fingerprint density at radius 1 is 1.07 bits per heavy atom. The molecule has 0 bridgehead atoms. The maximum absolute atomic E-state index is 12.9. The van der Waals surface area contributed by atoms with Crippen LogP contribution in [0.2, 0.25) is 0 Å². The zero-order chi connectivity index (χ0) is 19.7. The van der Waals surface area contributed by atoms with Crippen LogP contribution in [0.1, 0.15) is 31.7 Å². The van der Waals surface area contributed by atoms with Gasteiger partial charge < -0.3 is 20.9 Å². The lowest BCUT2D eigenvalue weighted by molar-refractivity contribution is -0.117. The van der Waals surface area contributed by atoms with E-state index in [2.05, 4.69) is 10.2 Å². The Balaban J connectivity index is 1.46. The van der Waals surface area contributed by atoms with Crippen LogP contribution in [-0.4, -0.2) is 30.9 Å². The predicted molar refractivity (Wildman–Crippen MR) is 113 cm³/mol. The molecule has 2 aliphatic rings. The minimum Gasteiger partial charge on any atom is -0.398 e. The van der Waals surface area contributed by atoms with Gasteiger partial charge in [-0.2, -0.15) is 0 Å². The Kier molecular flexibility index (Phi) is 4.94. The Morgan fingerprint density at radius 2 is 1.82 bits per heavy atom. The molecular weight excluding hydrogens is 352 g/mol. The van der Waals surface area contributed by atoms with E-state index in [0.717, 1.165) is 60.7 Å². The monoisotopic (exact) mass is 378 g/mol. The molecule has 3 N–H and O–H groups in total. The van der Waals surface area contributed by atoms with Crippen LogP contribution in [0.5, 0.6) is 0 Å². The predicted octanol–water partition coefficient (Wildman–Crippen LogP) is 3.18. The Morgan fingerprint density at radius 3 is 2.54 bits per heavy atom. The molecule has 2 heterocycles. The molecule has 1 atom stereocenters. The number of hydrogen-bond donors (Lipinski definition) is 2. The van der Waals surface area contributed by atoms with E-state index in [9.17, 15) is 9.59 Å². The first kappa shape index (κ1) is 18.3. The van der Waals surface area contributed by atoms with Gasteiger partial charge in [0.25, 0.3) is 0 Å². The van der Waals surface area contributed by atoms with Crippen LogP contribution in [0, 0.1) is 0 Å². The molecule has 0 radical (unpaired) electrons. The molecule has 0 aromatic heterocycles. The third-order valence-corrected chi connectivity index (χ3v) is 5.69. The van der Waals surface area contributed by atoms with Crippen molar-refractivity contribution < 1.29 is 9.59 Å². The van der Waals surface area contributed by atoms with Gasteiger partial charge in [0, 0.05) is 42.3 Å². The summed E-state index contributed by atoms with van der Waals surface area (Å²) in [5.41, 5.74) is 10.7. The fourth-order valence-corrected chi connectivity index (χ4v) is 4.12. The van der Waals surface area contributed by atoms with Gasteiger partial charge in [-0.05, 0) is 68.1 Å². The molecule has 4 rings (SSSR count). The lowest BCUT2D eigenvalue weighted by Crippen LogP contribution is -2.44. The van der Waals surface area contributed by atoms with E-state index in [0.29, 0.717) is 6.42 Å². The first-order valence-corrected chi connectivity index (χ1v) is 9.90. The number of nitrogen functional groups attached to an aromatic ring is 1. The summed E-state index contributed by atoms with van der Waals surface area (Å²) >= 11 is 0. The van der Waals surface area contributed by atoms with Gasteiger partial charge in [-0.1, -0.05) is 6.07 Å². The normalized spacial score (nSPS) is 17.4. The van der Waals surface area contributed by atoms with Crippen molar-refractivity contribution in [1.29, 1.82) is 0 Å². The molecule has 6 heteroatoms. The second kappa shape index (κ2) is 7.54. The lowest BCUT2D eigenvalue weighted by atomic mass is 9.98. The molecular formula is C22H26N4O2. The van der Waals surface area contributed by atoms with E-state index in [1.165, 1.54) is 0 Å². The Bertz CT molecular complexity index is 894. The Hall–Kier alpha value is -3.02. The number of fused-ring (bicyclic) bond motifs is 1. The number of benzene rings is 2. The molecule has 0 spiro atoms. The number of carbonyl (C=O) groups excluding carboxylic acids is 2. The standard InChI is InChI=1S/C22H26N4O2/c1-15(25-13-3-5-18-19(23)6-2-7-20(18)25)22(28)24-16-9-11-17(12-10-16)26-14-4-8-21(26)27/h2,6-7,9-12,15H,3-5,8,13-14,23H2,1H3,(H,24,28). The van der Waals surface area contributed by atoms with Gasteiger partial charge in [0.1, 0.15) is 6.04 Å². The third kappa shape index (κ3) is 3.42. The van der Waals surface area contributed by atoms with Crippen LogP contribution in [0.4, 0.5) is 22.7 Å². The van der Waals surface area contributed by atoms with Gasteiger partial charge in [0.2, 0.25) is 11.8 Å². The van der Waals surface area contributed by atoms with Crippen LogP contribution >= 0.6 is 0 Å². The van der Waals surface area contributed by atoms with Gasteiger partial charge in [-0.25, -0.2) is 0 Å². The summed E-state index contributed by atoms with van der Waals surface area (Å²) in [5.74, 6) is 0.105. The zero-order valence-corrected chi connectivity index (χ0v) is 16.1. The number of nitrogens with two attached hydrogens (primary N) is 1. The molecule has 2 amide bonds. The molecule has 0 aliphatic carbocycles. The van der Waals surface area contributed by atoms with E-state index in [1.807, 2.05) is 49.4 Å². The highest BCUT2D eigenvalue weighted by Gasteiger charge is 2.27. The molecule has 2 aromatic rings. The SMILES string of the molecule is CC(C(=O)Nc1ccc(N2CCCC2=O)cc1)N1CCCc2c(N)cccc21. The maximum Gasteiger partial charge on any atom is 0.246 e. The molecule has 146 valence electrons. The first-order valence-electron chi connectivity index (χ1n) is 9.90. The Labute approximate surface area is 165 Å². The summed E-state index contributed by atoms with van der Waals surface area (Å²) < 4.78 is 0. The smallest absolute Gasteiger partial charge is 0.246 e. The van der Waals surface area contributed by atoms with Crippen molar-refractivity contribution in [2.75, 3.05) is 33.9 Å². The quantitative estimate of drug-likeness (QED) is 0.801. The molecule has 2 aromatic carbocycles. The third-order valence-electron chi connectivity index (χ3n) is 5.69. The number of amides is 2. The van der Waals surface area contributed by atoms with Gasteiger partial charge in [0.05, 0.1) is 0 Å². The van der Waals surface area contributed by atoms with Crippen LogP contribution in [0.25, 0.3) is 0 Å². The molecule has 1 fully saturated rings. The second-order valence-electron chi connectivity index (χ2n) is 7.50. The fourth-order valence-electron chi connectivity index (χ4n) is 4.12. The first-order chi connectivity index (χ1) is 13.5. The van der Waals surface area contributed by atoms with E-state index in [4.69, 9.17) is 5.73 Å². The second-order valence-corrected chi connectivity index (χ2v) is 7.50. The molecule has 2 aliphatic heterocycles. The summed E-state index contributed by atoms with van der Waals surface area (Å²) in [4.78, 5) is 28.6. The number of anilines is 4. The van der Waals surface area contributed by atoms with E-state index in [-0.39, 0.29) is 17.9 Å². The van der Waals surface area contributed by atoms with Crippen LogP contribution < -0.4 is 20.9 Å². The van der Waals surface area contributed by atoms with Crippen molar-refractivity contribution in [1.82, 2.24) is 0 Å². The molecule has 0 saturated carbocycles. The fraction of sp³-hybridized carbons (Fsp3) is 0.364. The van der Waals surface area contributed by atoms with Crippen LogP contribution in [0.15, 0.2) is 42.5 Å². The molecule has 1 saturated heterocycles. The lowest BCUT2D eigenvalue weighted by Gasteiger charge is -2.36. The van der Waals surface area contributed by atoms with Gasteiger partial charge in [-0.3, -0.25) is 9.59 Å². The number of carbonyl (C=O) groups is 2. The average molecular weight is 378 g/mol. The van der Waals surface area contributed by atoms with Crippen molar-refractivity contribution in [3.8, 4) is 0 Å². The van der Waals surface area contributed by atoms with Crippen molar-refractivity contribution in [3.63, 3.8) is 0 Å².